The van der Waals surface area contributed by atoms with E-state index >= 15 is 0 Å². The van der Waals surface area contributed by atoms with Crippen molar-refractivity contribution in [3.8, 4) is 22.6 Å². The Morgan fingerprint density at radius 1 is 1.07 bits per heavy atom. The molecule has 3 rings (SSSR count). The molecular formula is C17H14F6N4O2S. The van der Waals surface area contributed by atoms with E-state index in [1.165, 1.54) is 24.7 Å². The molecule has 0 aliphatic heterocycles. The highest BCUT2D eigenvalue weighted by atomic mass is 32.2. The van der Waals surface area contributed by atoms with E-state index < -0.39 is 38.5 Å². The van der Waals surface area contributed by atoms with Gasteiger partial charge in [0.25, 0.3) is 0 Å². The van der Waals surface area contributed by atoms with Crippen molar-refractivity contribution in [1.29, 1.82) is 0 Å². The highest BCUT2D eigenvalue weighted by molar-refractivity contribution is 7.91. The number of sulfone groups is 1. The van der Waals surface area contributed by atoms with Crippen molar-refractivity contribution in [2.24, 2.45) is 7.05 Å². The van der Waals surface area contributed by atoms with Crippen LogP contribution in [0.3, 0.4) is 0 Å². The highest BCUT2D eigenvalue weighted by Crippen LogP contribution is 2.36. The normalized spacial score (nSPS) is 13.1. The van der Waals surface area contributed by atoms with Gasteiger partial charge in [-0.15, -0.1) is 13.2 Å². The van der Waals surface area contributed by atoms with Crippen LogP contribution < -0.4 is 0 Å². The third-order valence-electron chi connectivity index (χ3n) is 4.39. The standard InChI is InChI=1S/C17H14F6N4O2S/c1-3-30(28,29)14-6-11(16(18,19)20)4-5-12(14)15-24-8-13(26(15)2)10-7-25-27(9-10)17(21,22)23/h4-9H,3H2,1-2H3. The SMILES string of the molecule is CCS(=O)(=O)c1cc(C(F)(F)F)ccc1-c1ncc(-c2cnn(C(F)(F)F)c2)n1C. The van der Waals surface area contributed by atoms with Gasteiger partial charge in [-0.05, 0) is 18.2 Å². The zero-order valence-corrected chi connectivity index (χ0v) is 16.3. The summed E-state index contributed by atoms with van der Waals surface area (Å²) < 4.78 is 103. The molecule has 0 aliphatic carbocycles. The Labute approximate surface area is 166 Å². The first-order chi connectivity index (χ1) is 13.8. The second kappa shape index (κ2) is 7.15. The summed E-state index contributed by atoms with van der Waals surface area (Å²) in [6, 6.07) is 2.24. The minimum Gasteiger partial charge on any atom is -0.327 e. The lowest BCUT2D eigenvalue weighted by Gasteiger charge is -2.14. The van der Waals surface area contributed by atoms with Crippen LogP contribution in [0.25, 0.3) is 22.6 Å². The zero-order valence-electron chi connectivity index (χ0n) is 15.5. The summed E-state index contributed by atoms with van der Waals surface area (Å²) in [5, 5.41) is 3.23. The van der Waals surface area contributed by atoms with Crippen LogP contribution in [0.5, 0.6) is 0 Å². The monoisotopic (exact) mass is 452 g/mol. The molecule has 6 nitrogen and oxygen atoms in total. The summed E-state index contributed by atoms with van der Waals surface area (Å²) in [7, 11) is -2.66. The fourth-order valence-electron chi connectivity index (χ4n) is 2.82. The molecule has 0 fully saturated rings. The molecule has 13 heteroatoms. The van der Waals surface area contributed by atoms with Crippen LogP contribution in [0.4, 0.5) is 26.3 Å². The number of imidazole rings is 1. The lowest BCUT2D eigenvalue weighted by Crippen LogP contribution is -2.16. The number of benzene rings is 1. The van der Waals surface area contributed by atoms with Crippen molar-refractivity contribution in [2.75, 3.05) is 5.75 Å². The topological polar surface area (TPSA) is 69.8 Å². The van der Waals surface area contributed by atoms with Gasteiger partial charge in [0.2, 0.25) is 0 Å². The van der Waals surface area contributed by atoms with Crippen LogP contribution in [0.15, 0.2) is 41.7 Å². The number of alkyl halides is 6. The molecule has 0 radical (unpaired) electrons. The molecule has 0 unspecified atom stereocenters. The van der Waals surface area contributed by atoms with Crippen LogP contribution in [-0.2, 0) is 29.4 Å². The van der Waals surface area contributed by atoms with Crippen molar-refractivity contribution >= 4 is 9.84 Å². The molecular weight excluding hydrogens is 438 g/mol. The maximum absolute atomic E-state index is 13.1. The Hall–Kier alpha value is -2.83. The lowest BCUT2D eigenvalue weighted by atomic mass is 10.1. The van der Waals surface area contributed by atoms with Gasteiger partial charge in [0.1, 0.15) is 5.82 Å². The largest absolute Gasteiger partial charge is 0.504 e. The summed E-state index contributed by atoms with van der Waals surface area (Å²) in [5.41, 5.74) is -1.03. The molecule has 0 bridgehead atoms. The van der Waals surface area contributed by atoms with Crippen LogP contribution in [0.2, 0.25) is 0 Å². The third-order valence-corrected chi connectivity index (χ3v) is 6.16. The molecule has 30 heavy (non-hydrogen) atoms. The molecule has 0 spiro atoms. The van der Waals surface area contributed by atoms with Gasteiger partial charge in [-0.1, -0.05) is 6.92 Å². The van der Waals surface area contributed by atoms with Gasteiger partial charge in [0.05, 0.1) is 34.3 Å². The minimum absolute atomic E-state index is 0.0227. The molecule has 0 saturated heterocycles. The van der Waals surface area contributed by atoms with Crippen LogP contribution in [0.1, 0.15) is 12.5 Å². The van der Waals surface area contributed by atoms with Gasteiger partial charge >= 0.3 is 12.5 Å². The van der Waals surface area contributed by atoms with Crippen LogP contribution >= 0.6 is 0 Å². The fraction of sp³-hybridized carbons (Fsp3) is 0.294. The van der Waals surface area contributed by atoms with Gasteiger partial charge in [-0.2, -0.15) is 23.0 Å². The van der Waals surface area contributed by atoms with E-state index in [0.29, 0.717) is 6.07 Å². The molecule has 162 valence electrons. The molecule has 2 heterocycles. The quantitative estimate of drug-likeness (QED) is 0.556. The first-order valence-corrected chi connectivity index (χ1v) is 9.99. The molecule has 0 amide bonds. The maximum atomic E-state index is 13.1. The average molecular weight is 452 g/mol. The molecule has 3 aromatic rings. The number of aromatic nitrogens is 4. The van der Waals surface area contributed by atoms with Gasteiger partial charge in [0.15, 0.2) is 9.84 Å². The predicted molar refractivity (Wildman–Crippen MR) is 93.9 cm³/mol. The molecule has 1 aromatic carbocycles. The van der Waals surface area contributed by atoms with E-state index in [2.05, 4.69) is 10.1 Å². The van der Waals surface area contributed by atoms with Crippen molar-refractivity contribution in [1.82, 2.24) is 19.3 Å². The smallest absolute Gasteiger partial charge is 0.327 e. The van der Waals surface area contributed by atoms with Gasteiger partial charge < -0.3 is 4.57 Å². The van der Waals surface area contributed by atoms with Crippen LogP contribution in [-0.4, -0.2) is 33.5 Å². The molecule has 0 saturated carbocycles. The Morgan fingerprint density at radius 2 is 1.73 bits per heavy atom. The van der Waals surface area contributed by atoms with E-state index in [0.717, 1.165) is 24.5 Å². The fourth-order valence-corrected chi connectivity index (χ4v) is 3.93. The van der Waals surface area contributed by atoms with Crippen molar-refractivity contribution in [3.63, 3.8) is 0 Å². The summed E-state index contributed by atoms with van der Waals surface area (Å²) in [5.74, 6) is -0.470. The summed E-state index contributed by atoms with van der Waals surface area (Å²) >= 11 is 0. The Kier molecular flexibility index (Phi) is 5.21. The van der Waals surface area contributed by atoms with E-state index in [1.807, 2.05) is 0 Å². The summed E-state index contributed by atoms with van der Waals surface area (Å²) in [4.78, 5) is 3.47. The third kappa shape index (κ3) is 3.93. The molecule has 2 aromatic heterocycles. The highest BCUT2D eigenvalue weighted by Gasteiger charge is 2.34. The predicted octanol–water partition coefficient (Wildman–Crippen LogP) is 4.24. The van der Waals surface area contributed by atoms with Crippen molar-refractivity contribution < 1.29 is 34.8 Å². The second-order valence-corrected chi connectivity index (χ2v) is 8.53. The zero-order chi connectivity index (χ0) is 22.5. The van der Waals surface area contributed by atoms with E-state index in [1.54, 1.807) is 0 Å². The molecule has 0 N–H and O–H groups in total. The lowest BCUT2D eigenvalue weighted by molar-refractivity contribution is -0.212. The minimum atomic E-state index is -4.75. The number of halogens is 6. The number of hydrogen-bond acceptors (Lipinski definition) is 4. The Bertz CT molecular complexity index is 1190. The number of nitrogens with zero attached hydrogens (tertiary/aromatic N) is 4. The second-order valence-electron chi connectivity index (χ2n) is 6.28. The Balaban J connectivity index is 2.17. The molecule has 0 atom stereocenters. The number of hydrogen-bond donors (Lipinski definition) is 0. The average Bonchev–Trinajstić information content (AvgIpc) is 3.27. The van der Waals surface area contributed by atoms with Gasteiger partial charge in [0, 0.05) is 24.4 Å². The van der Waals surface area contributed by atoms with Crippen LogP contribution in [0, 0.1) is 0 Å². The maximum Gasteiger partial charge on any atom is 0.504 e. The van der Waals surface area contributed by atoms with Crippen molar-refractivity contribution in [3.05, 3.63) is 42.4 Å². The summed E-state index contributed by atoms with van der Waals surface area (Å²) in [6.45, 7) is 1.29. The van der Waals surface area contributed by atoms with Gasteiger partial charge in [-0.25, -0.2) is 13.4 Å². The van der Waals surface area contributed by atoms with E-state index in [9.17, 15) is 34.8 Å². The van der Waals surface area contributed by atoms with E-state index in [-0.39, 0.29) is 27.3 Å². The Morgan fingerprint density at radius 3 is 2.27 bits per heavy atom. The first-order valence-electron chi connectivity index (χ1n) is 8.34. The number of rotatable bonds is 4. The van der Waals surface area contributed by atoms with E-state index in [4.69, 9.17) is 0 Å². The first kappa shape index (κ1) is 21.9. The van der Waals surface area contributed by atoms with Gasteiger partial charge in [-0.3, -0.25) is 0 Å². The molecule has 0 aliphatic rings. The summed E-state index contributed by atoms with van der Waals surface area (Å²) in [6.07, 6.45) is -6.62. The van der Waals surface area contributed by atoms with Crippen molar-refractivity contribution in [2.45, 2.75) is 24.3 Å².